The maximum absolute atomic E-state index is 13.0. The number of hydrogen-bond donors (Lipinski definition) is 0. The van der Waals surface area contributed by atoms with Gasteiger partial charge in [0.2, 0.25) is 0 Å². The topological polar surface area (TPSA) is 17.1 Å². The fourth-order valence-corrected chi connectivity index (χ4v) is 4.60. The summed E-state index contributed by atoms with van der Waals surface area (Å²) in [5, 5.41) is 0. The molecular formula is C31H42O. The van der Waals surface area contributed by atoms with Gasteiger partial charge in [0.05, 0.1) is 0 Å². The Bertz CT molecular complexity index is 968. The Morgan fingerprint density at radius 1 is 1.25 bits per heavy atom. The molecule has 1 saturated carbocycles. The van der Waals surface area contributed by atoms with Crippen molar-refractivity contribution in [2.24, 2.45) is 11.3 Å². The molecule has 0 bridgehead atoms. The van der Waals surface area contributed by atoms with Gasteiger partial charge in [-0.3, -0.25) is 4.79 Å². The molecule has 1 fully saturated rings. The number of carbonyl (C=O) groups is 1. The minimum Gasteiger partial charge on any atom is -0.290 e. The summed E-state index contributed by atoms with van der Waals surface area (Å²) in [4.78, 5) is 13.0. The van der Waals surface area contributed by atoms with Crippen LogP contribution in [-0.2, 0) is 11.2 Å². The molecule has 0 heterocycles. The molecule has 172 valence electrons. The van der Waals surface area contributed by atoms with E-state index in [1.54, 1.807) is 0 Å². The number of benzene rings is 1. The van der Waals surface area contributed by atoms with Gasteiger partial charge >= 0.3 is 0 Å². The Morgan fingerprint density at radius 2 is 2.00 bits per heavy atom. The highest BCUT2D eigenvalue weighted by molar-refractivity contribution is 6.04. The molecule has 0 N–H and O–H groups in total. The lowest BCUT2D eigenvalue weighted by atomic mass is 9.77. The van der Waals surface area contributed by atoms with E-state index >= 15 is 0 Å². The van der Waals surface area contributed by atoms with Crippen LogP contribution in [0, 0.1) is 23.2 Å². The molecule has 0 spiro atoms. The number of carbonyl (C=O) groups excluding carboxylic acids is 1. The lowest BCUT2D eigenvalue weighted by Crippen LogP contribution is -2.17. The van der Waals surface area contributed by atoms with E-state index in [1.165, 1.54) is 16.7 Å². The average Bonchev–Trinajstić information content (AvgIpc) is 2.92. The van der Waals surface area contributed by atoms with Crippen molar-refractivity contribution in [3.05, 3.63) is 83.0 Å². The zero-order chi connectivity index (χ0) is 22.3. The number of allylic oxidation sites excluding steroid dienone is 7. The molecule has 1 aromatic carbocycles. The van der Waals surface area contributed by atoms with Crippen LogP contribution < -0.4 is 0 Å². The number of rotatable bonds is 4. The van der Waals surface area contributed by atoms with E-state index in [4.69, 9.17) is 0 Å². The van der Waals surface area contributed by atoms with E-state index < -0.39 is 0 Å². The van der Waals surface area contributed by atoms with Gasteiger partial charge in [0.1, 0.15) is 0 Å². The van der Waals surface area contributed by atoms with Gasteiger partial charge in [0, 0.05) is 6.99 Å². The number of hydrogen-bond acceptors (Lipinski definition) is 1. The van der Waals surface area contributed by atoms with Gasteiger partial charge in [-0.05, 0) is 98.1 Å². The smallest absolute Gasteiger partial charge is 0.181 e. The monoisotopic (exact) mass is 430 g/mol. The lowest BCUT2D eigenvalue weighted by Gasteiger charge is -2.26. The van der Waals surface area contributed by atoms with Crippen molar-refractivity contribution in [2.75, 3.05) is 0 Å². The van der Waals surface area contributed by atoms with Crippen molar-refractivity contribution >= 4 is 5.78 Å². The van der Waals surface area contributed by atoms with E-state index in [2.05, 4.69) is 81.7 Å². The second-order valence-corrected chi connectivity index (χ2v) is 9.56. The molecule has 0 radical (unpaired) electrons. The van der Waals surface area contributed by atoms with Crippen molar-refractivity contribution in [3.8, 4) is 11.8 Å². The Hall–Kier alpha value is -2.59. The second-order valence-electron chi connectivity index (χ2n) is 9.56. The molecule has 0 unspecified atom stereocenters. The minimum absolute atomic E-state index is 0. The molecule has 0 amide bonds. The number of aryl methyl sites for hydroxylation is 1. The van der Waals surface area contributed by atoms with Crippen LogP contribution in [0.25, 0.3) is 0 Å². The first kappa shape index (κ1) is 25.7. The van der Waals surface area contributed by atoms with Crippen LogP contribution in [0.2, 0.25) is 0 Å². The van der Waals surface area contributed by atoms with Crippen LogP contribution in [0.15, 0.2) is 71.9 Å². The fourth-order valence-electron chi connectivity index (χ4n) is 4.60. The summed E-state index contributed by atoms with van der Waals surface area (Å²) >= 11 is 0. The highest BCUT2D eigenvalue weighted by Crippen LogP contribution is 2.39. The third-order valence-electron chi connectivity index (χ3n) is 6.76. The van der Waals surface area contributed by atoms with Gasteiger partial charge in [0.15, 0.2) is 5.78 Å². The molecule has 2 aliphatic carbocycles. The Kier molecular flexibility index (Phi) is 9.52. The Labute approximate surface area is 197 Å². The van der Waals surface area contributed by atoms with E-state index in [1.807, 2.05) is 6.08 Å². The Balaban J connectivity index is 0.00000272. The third-order valence-corrected chi connectivity index (χ3v) is 6.76. The Morgan fingerprint density at radius 3 is 2.69 bits per heavy atom. The van der Waals surface area contributed by atoms with E-state index in [0.29, 0.717) is 5.92 Å². The van der Waals surface area contributed by atoms with Gasteiger partial charge in [-0.2, -0.15) is 0 Å². The standard InChI is InChI=1S/C30H36O.CH4.H2/c1-5-23-16-18-26(19-17-23)21-29(31)27-13-9-15-28(30(3,4)22-27)14-8-12-25-11-7-10-24(6-2)20-25;;/h5,7,10-11,13-14,20-21,23H,1,6,9,15-19,22H2,2-4H3;1H4;1H/b26-21?,28-14+;;. The summed E-state index contributed by atoms with van der Waals surface area (Å²) in [7, 11) is 0. The van der Waals surface area contributed by atoms with Crippen molar-refractivity contribution in [3.63, 3.8) is 0 Å². The van der Waals surface area contributed by atoms with Crippen LogP contribution in [0.4, 0.5) is 0 Å². The van der Waals surface area contributed by atoms with Crippen LogP contribution in [-0.4, -0.2) is 5.78 Å². The molecule has 32 heavy (non-hydrogen) atoms. The molecule has 1 aromatic rings. The molecule has 0 aliphatic heterocycles. The van der Waals surface area contributed by atoms with Gasteiger partial charge in [-0.15, -0.1) is 6.58 Å². The highest BCUT2D eigenvalue weighted by Gasteiger charge is 2.28. The molecular weight excluding hydrogens is 388 g/mol. The summed E-state index contributed by atoms with van der Waals surface area (Å²) in [6.45, 7) is 10.6. The van der Waals surface area contributed by atoms with E-state index in [0.717, 1.165) is 62.5 Å². The van der Waals surface area contributed by atoms with Crippen molar-refractivity contribution < 1.29 is 6.22 Å². The normalized spacial score (nSPS) is 21.3. The van der Waals surface area contributed by atoms with Gasteiger partial charge < -0.3 is 0 Å². The number of ketones is 1. The quantitative estimate of drug-likeness (QED) is 0.266. The molecule has 1 heteroatoms. The van der Waals surface area contributed by atoms with Crippen LogP contribution in [0.3, 0.4) is 0 Å². The summed E-state index contributed by atoms with van der Waals surface area (Å²) in [6.07, 6.45) is 16.2. The maximum atomic E-state index is 13.0. The summed E-state index contributed by atoms with van der Waals surface area (Å²) < 4.78 is 0. The molecule has 0 saturated heterocycles. The minimum atomic E-state index is -0.0586. The molecule has 2 aliphatic rings. The summed E-state index contributed by atoms with van der Waals surface area (Å²) in [5.74, 6) is 7.40. The fraction of sp³-hybridized carbons (Fsp3) is 0.452. The van der Waals surface area contributed by atoms with Gasteiger partial charge in [0.25, 0.3) is 0 Å². The zero-order valence-corrected chi connectivity index (χ0v) is 19.5. The van der Waals surface area contributed by atoms with Gasteiger partial charge in [-0.1, -0.05) is 75.5 Å². The van der Waals surface area contributed by atoms with E-state index in [9.17, 15) is 4.79 Å². The molecule has 3 rings (SSSR count). The zero-order valence-electron chi connectivity index (χ0n) is 19.5. The van der Waals surface area contributed by atoms with Crippen molar-refractivity contribution in [1.29, 1.82) is 0 Å². The molecule has 0 aromatic heterocycles. The van der Waals surface area contributed by atoms with Crippen molar-refractivity contribution in [1.82, 2.24) is 0 Å². The van der Waals surface area contributed by atoms with Crippen LogP contribution >= 0.6 is 0 Å². The average molecular weight is 431 g/mol. The first-order chi connectivity index (χ1) is 14.9. The maximum Gasteiger partial charge on any atom is 0.181 e. The van der Waals surface area contributed by atoms with Crippen LogP contribution in [0.5, 0.6) is 0 Å². The third kappa shape index (κ3) is 6.96. The lowest BCUT2D eigenvalue weighted by molar-refractivity contribution is -0.111. The second kappa shape index (κ2) is 11.9. The SMILES string of the molecule is C.C=CC1CCC(=CC(=O)C2=CCC/C(=C\C#Cc3cccc(CC)c3)C(C)(C)C2)CC1.[HH]. The molecule has 0 atom stereocenters. The van der Waals surface area contributed by atoms with Gasteiger partial charge in [-0.25, -0.2) is 0 Å². The van der Waals surface area contributed by atoms with Crippen LogP contribution in [0.1, 0.15) is 85.7 Å². The van der Waals surface area contributed by atoms with Crippen molar-refractivity contribution in [2.45, 2.75) is 79.6 Å². The van der Waals surface area contributed by atoms with E-state index in [-0.39, 0.29) is 20.1 Å². The largest absolute Gasteiger partial charge is 0.290 e. The summed E-state index contributed by atoms with van der Waals surface area (Å²) in [6, 6.07) is 8.45. The predicted molar refractivity (Wildman–Crippen MR) is 141 cm³/mol. The molecule has 1 nitrogen and oxygen atoms in total. The first-order valence-corrected chi connectivity index (χ1v) is 11.8. The predicted octanol–water partition coefficient (Wildman–Crippen LogP) is 8.42. The first-order valence-electron chi connectivity index (χ1n) is 11.8. The highest BCUT2D eigenvalue weighted by atomic mass is 16.1. The summed E-state index contributed by atoms with van der Waals surface area (Å²) in [5.41, 5.74) is 5.93.